The molecule has 0 spiro atoms. The van der Waals surface area contributed by atoms with E-state index in [0.717, 1.165) is 19.3 Å². The topological polar surface area (TPSA) is 100 Å². The highest BCUT2D eigenvalue weighted by atomic mass is 16.4. The summed E-state index contributed by atoms with van der Waals surface area (Å²) in [5.74, 6) is -0.276. The lowest BCUT2D eigenvalue weighted by Crippen LogP contribution is -2.49. The average molecular weight is 295 g/mol. The van der Waals surface area contributed by atoms with Gasteiger partial charge in [0.05, 0.1) is 0 Å². The second-order valence-electron chi connectivity index (χ2n) is 5.21. The Morgan fingerprint density at radius 3 is 2.90 bits per heavy atom. The molecule has 1 aliphatic heterocycles. The summed E-state index contributed by atoms with van der Waals surface area (Å²) in [5, 5.41) is 16.1. The molecule has 1 unspecified atom stereocenters. The highest BCUT2D eigenvalue weighted by Crippen LogP contribution is 2.17. The van der Waals surface area contributed by atoms with Gasteiger partial charge in [-0.15, -0.1) is 0 Å². The fourth-order valence-corrected chi connectivity index (χ4v) is 2.49. The summed E-state index contributed by atoms with van der Waals surface area (Å²) in [7, 11) is 1.78. The van der Waals surface area contributed by atoms with E-state index in [0.29, 0.717) is 31.8 Å². The van der Waals surface area contributed by atoms with E-state index in [1.54, 1.807) is 18.1 Å². The van der Waals surface area contributed by atoms with E-state index in [1.807, 2.05) is 0 Å². The van der Waals surface area contributed by atoms with Gasteiger partial charge in [-0.3, -0.25) is 4.68 Å². The van der Waals surface area contributed by atoms with Gasteiger partial charge in [0, 0.05) is 26.6 Å². The number of aryl methyl sites for hydroxylation is 1. The first-order chi connectivity index (χ1) is 10.1. The maximum atomic E-state index is 12.2. The van der Waals surface area contributed by atoms with Crippen LogP contribution in [-0.2, 0) is 18.3 Å². The number of aliphatic carboxylic acids is 1. The Balaban J connectivity index is 1.86. The van der Waals surface area contributed by atoms with Crippen LogP contribution in [0.2, 0.25) is 0 Å². The zero-order chi connectivity index (χ0) is 15.2. The Morgan fingerprint density at radius 1 is 1.43 bits per heavy atom. The molecule has 1 aromatic heterocycles. The summed E-state index contributed by atoms with van der Waals surface area (Å²) in [5.41, 5.74) is 0. The van der Waals surface area contributed by atoms with Gasteiger partial charge >= 0.3 is 12.0 Å². The molecule has 0 saturated carbocycles. The van der Waals surface area contributed by atoms with Gasteiger partial charge in [-0.1, -0.05) is 12.8 Å². The van der Waals surface area contributed by atoms with Crippen molar-refractivity contribution < 1.29 is 14.7 Å². The quantitative estimate of drug-likeness (QED) is 0.837. The van der Waals surface area contributed by atoms with Crippen LogP contribution in [-0.4, -0.2) is 55.9 Å². The molecule has 0 bridgehead atoms. The molecule has 2 rings (SSSR count). The third kappa shape index (κ3) is 4.17. The number of hydrogen-bond acceptors (Lipinski definition) is 4. The fourth-order valence-electron chi connectivity index (χ4n) is 2.49. The summed E-state index contributed by atoms with van der Waals surface area (Å²) >= 11 is 0. The van der Waals surface area contributed by atoms with Gasteiger partial charge in [0.1, 0.15) is 12.4 Å². The van der Waals surface area contributed by atoms with E-state index < -0.39 is 12.0 Å². The number of carboxylic acids is 1. The van der Waals surface area contributed by atoms with Gasteiger partial charge in [-0.2, -0.15) is 5.10 Å². The van der Waals surface area contributed by atoms with E-state index in [-0.39, 0.29) is 6.03 Å². The number of carbonyl (C=O) groups excluding carboxylic acids is 1. The predicted molar refractivity (Wildman–Crippen MR) is 74.7 cm³/mol. The summed E-state index contributed by atoms with van der Waals surface area (Å²) in [6, 6.07) is -1.04. The van der Waals surface area contributed by atoms with Crippen molar-refractivity contribution in [2.45, 2.75) is 38.1 Å². The van der Waals surface area contributed by atoms with Crippen LogP contribution in [0.4, 0.5) is 4.79 Å². The number of carboxylic acid groups (broad SMARTS) is 1. The summed E-state index contributed by atoms with van der Waals surface area (Å²) < 4.78 is 1.60. The second kappa shape index (κ2) is 7.05. The van der Waals surface area contributed by atoms with Crippen LogP contribution in [0.3, 0.4) is 0 Å². The van der Waals surface area contributed by atoms with Crippen molar-refractivity contribution in [2.24, 2.45) is 7.05 Å². The van der Waals surface area contributed by atoms with Crippen LogP contribution >= 0.6 is 0 Å². The molecule has 21 heavy (non-hydrogen) atoms. The molecule has 0 aliphatic carbocycles. The lowest BCUT2D eigenvalue weighted by atomic mass is 10.1. The molecule has 8 heteroatoms. The number of hydrogen-bond donors (Lipinski definition) is 2. The van der Waals surface area contributed by atoms with Crippen LogP contribution in [0.15, 0.2) is 6.33 Å². The Bertz CT molecular complexity index is 502. The molecule has 2 heterocycles. The number of amides is 2. The zero-order valence-corrected chi connectivity index (χ0v) is 12.2. The molecular formula is C13H21N5O3. The van der Waals surface area contributed by atoms with Gasteiger partial charge < -0.3 is 15.3 Å². The maximum absolute atomic E-state index is 12.2. The molecule has 2 N–H and O–H groups in total. The van der Waals surface area contributed by atoms with Crippen molar-refractivity contribution in [3.8, 4) is 0 Å². The van der Waals surface area contributed by atoms with Gasteiger partial charge in [0.25, 0.3) is 0 Å². The molecular weight excluding hydrogens is 274 g/mol. The lowest BCUT2D eigenvalue weighted by molar-refractivity contribution is -0.142. The highest BCUT2D eigenvalue weighted by molar-refractivity contribution is 5.82. The lowest BCUT2D eigenvalue weighted by Gasteiger charge is -2.27. The highest BCUT2D eigenvalue weighted by Gasteiger charge is 2.30. The molecule has 1 fully saturated rings. The summed E-state index contributed by atoms with van der Waals surface area (Å²) in [4.78, 5) is 29.0. The third-order valence-corrected chi connectivity index (χ3v) is 3.57. The van der Waals surface area contributed by atoms with Crippen LogP contribution in [0.25, 0.3) is 0 Å². The molecule has 1 atom stereocenters. The van der Waals surface area contributed by atoms with E-state index in [4.69, 9.17) is 0 Å². The molecule has 1 saturated heterocycles. The van der Waals surface area contributed by atoms with Crippen molar-refractivity contribution >= 4 is 12.0 Å². The number of rotatable bonds is 4. The first-order valence-electron chi connectivity index (χ1n) is 7.19. The minimum Gasteiger partial charge on any atom is -0.480 e. The summed E-state index contributed by atoms with van der Waals surface area (Å²) in [6.45, 7) is 0.885. The standard InChI is InChI=1S/C13H21N5O3/c1-17-9-15-11(16-17)6-7-14-13(21)18-8-4-2-3-5-10(18)12(19)20/h9-10H,2-8H2,1H3,(H,14,21)(H,19,20). The van der Waals surface area contributed by atoms with E-state index in [2.05, 4.69) is 15.4 Å². The van der Waals surface area contributed by atoms with Gasteiger partial charge in [-0.25, -0.2) is 14.6 Å². The largest absolute Gasteiger partial charge is 0.480 e. The van der Waals surface area contributed by atoms with Gasteiger partial charge in [0.2, 0.25) is 0 Å². The Kier molecular flexibility index (Phi) is 5.13. The fraction of sp³-hybridized carbons (Fsp3) is 0.692. The maximum Gasteiger partial charge on any atom is 0.326 e. The van der Waals surface area contributed by atoms with Gasteiger partial charge in [0.15, 0.2) is 5.82 Å². The van der Waals surface area contributed by atoms with E-state index in [1.165, 1.54) is 4.90 Å². The normalized spacial score (nSPS) is 19.1. The monoisotopic (exact) mass is 295 g/mol. The van der Waals surface area contributed by atoms with Crippen LogP contribution in [0, 0.1) is 0 Å². The zero-order valence-electron chi connectivity index (χ0n) is 12.2. The van der Waals surface area contributed by atoms with E-state index in [9.17, 15) is 14.7 Å². The van der Waals surface area contributed by atoms with Crippen LogP contribution < -0.4 is 5.32 Å². The minimum atomic E-state index is -0.932. The number of nitrogens with one attached hydrogen (secondary N) is 1. The molecule has 1 aromatic rings. The number of likely N-dealkylation sites (tertiary alicyclic amines) is 1. The predicted octanol–water partition coefficient (Wildman–Crippen LogP) is 0.396. The second-order valence-corrected chi connectivity index (χ2v) is 5.21. The smallest absolute Gasteiger partial charge is 0.326 e. The van der Waals surface area contributed by atoms with Crippen molar-refractivity contribution in [3.05, 3.63) is 12.2 Å². The average Bonchev–Trinajstić information content (AvgIpc) is 2.72. The van der Waals surface area contributed by atoms with Crippen molar-refractivity contribution in [1.29, 1.82) is 0 Å². The molecule has 116 valence electrons. The summed E-state index contributed by atoms with van der Waals surface area (Å²) in [6.07, 6.45) is 5.30. The van der Waals surface area contributed by atoms with Gasteiger partial charge in [-0.05, 0) is 12.8 Å². The Morgan fingerprint density at radius 2 is 2.24 bits per heavy atom. The van der Waals surface area contributed by atoms with Crippen LogP contribution in [0.5, 0.6) is 0 Å². The minimum absolute atomic E-state index is 0.319. The third-order valence-electron chi connectivity index (χ3n) is 3.57. The first kappa shape index (κ1) is 15.3. The first-order valence-corrected chi connectivity index (χ1v) is 7.19. The molecule has 0 radical (unpaired) electrons. The number of urea groups is 1. The molecule has 2 amide bonds. The van der Waals surface area contributed by atoms with Crippen molar-refractivity contribution in [3.63, 3.8) is 0 Å². The van der Waals surface area contributed by atoms with Crippen molar-refractivity contribution in [2.75, 3.05) is 13.1 Å². The van der Waals surface area contributed by atoms with Crippen molar-refractivity contribution in [1.82, 2.24) is 25.0 Å². The number of carbonyl (C=O) groups is 2. The Hall–Kier alpha value is -2.12. The molecule has 8 nitrogen and oxygen atoms in total. The molecule has 0 aromatic carbocycles. The molecule has 1 aliphatic rings. The number of aromatic nitrogens is 3. The Labute approximate surface area is 123 Å². The van der Waals surface area contributed by atoms with Crippen LogP contribution in [0.1, 0.15) is 31.5 Å². The van der Waals surface area contributed by atoms with E-state index >= 15 is 0 Å². The number of nitrogens with zero attached hydrogens (tertiary/aromatic N) is 4. The SMILES string of the molecule is Cn1cnc(CCNC(=O)N2CCCCCC2C(=O)O)n1.